The standard InChI is InChI=1S/C15H22O4/c1-10(2)13(14(16)19-5)15(3,17)11-7-6-8-12(9-11)18-4/h6-10,13,17H,1-5H3. The fourth-order valence-electron chi connectivity index (χ4n) is 2.40. The van der Waals surface area contributed by atoms with E-state index >= 15 is 0 Å². The maximum Gasteiger partial charge on any atom is 0.312 e. The van der Waals surface area contributed by atoms with Crippen LogP contribution in [0.3, 0.4) is 0 Å². The summed E-state index contributed by atoms with van der Waals surface area (Å²) in [5.41, 5.74) is -0.675. The number of rotatable bonds is 5. The molecular weight excluding hydrogens is 244 g/mol. The predicted octanol–water partition coefficient (Wildman–Crippen LogP) is 2.35. The van der Waals surface area contributed by atoms with E-state index in [2.05, 4.69) is 0 Å². The first-order chi connectivity index (χ1) is 8.84. The van der Waals surface area contributed by atoms with Crippen LogP contribution in [0.5, 0.6) is 5.75 Å². The molecule has 4 nitrogen and oxygen atoms in total. The van der Waals surface area contributed by atoms with Gasteiger partial charge in [0, 0.05) is 0 Å². The molecular formula is C15H22O4. The number of hydrogen-bond donors (Lipinski definition) is 1. The van der Waals surface area contributed by atoms with E-state index in [1.165, 1.54) is 7.11 Å². The summed E-state index contributed by atoms with van der Waals surface area (Å²) in [6, 6.07) is 7.10. The quantitative estimate of drug-likeness (QED) is 0.831. The molecule has 1 aromatic carbocycles. The summed E-state index contributed by atoms with van der Waals surface area (Å²) in [5, 5.41) is 10.8. The van der Waals surface area contributed by atoms with Crippen molar-refractivity contribution in [1.82, 2.24) is 0 Å². The maximum atomic E-state index is 11.9. The van der Waals surface area contributed by atoms with Crippen molar-refractivity contribution in [1.29, 1.82) is 0 Å². The second-order valence-electron chi connectivity index (χ2n) is 5.12. The summed E-state index contributed by atoms with van der Waals surface area (Å²) in [6.45, 7) is 5.40. The number of aliphatic hydroxyl groups is 1. The summed E-state index contributed by atoms with van der Waals surface area (Å²) < 4.78 is 9.96. The van der Waals surface area contributed by atoms with Gasteiger partial charge in [-0.1, -0.05) is 26.0 Å². The number of esters is 1. The minimum absolute atomic E-state index is 0.0475. The van der Waals surface area contributed by atoms with E-state index in [1.54, 1.807) is 38.3 Å². The zero-order chi connectivity index (χ0) is 14.6. The van der Waals surface area contributed by atoms with Crippen LogP contribution in [-0.4, -0.2) is 25.3 Å². The third-order valence-electron chi connectivity index (χ3n) is 3.38. The van der Waals surface area contributed by atoms with Gasteiger partial charge in [0.1, 0.15) is 11.4 Å². The molecule has 0 spiro atoms. The van der Waals surface area contributed by atoms with Gasteiger partial charge in [-0.05, 0) is 30.5 Å². The summed E-state index contributed by atoms with van der Waals surface area (Å²) >= 11 is 0. The molecule has 1 aromatic rings. The average molecular weight is 266 g/mol. The molecule has 0 aliphatic heterocycles. The van der Waals surface area contributed by atoms with Gasteiger partial charge >= 0.3 is 5.97 Å². The highest BCUT2D eigenvalue weighted by molar-refractivity contribution is 5.74. The Balaban J connectivity index is 3.21. The highest BCUT2D eigenvalue weighted by atomic mass is 16.5. The van der Waals surface area contributed by atoms with Crippen molar-refractivity contribution in [2.45, 2.75) is 26.4 Å². The Hall–Kier alpha value is -1.55. The highest BCUT2D eigenvalue weighted by Crippen LogP contribution is 2.36. The Morgan fingerprint density at radius 2 is 1.95 bits per heavy atom. The molecule has 19 heavy (non-hydrogen) atoms. The second kappa shape index (κ2) is 6.06. The van der Waals surface area contributed by atoms with Gasteiger partial charge in [0.15, 0.2) is 0 Å². The lowest BCUT2D eigenvalue weighted by molar-refractivity contribution is -0.159. The van der Waals surface area contributed by atoms with Crippen LogP contribution in [0.1, 0.15) is 26.3 Å². The largest absolute Gasteiger partial charge is 0.497 e. The Bertz CT molecular complexity index is 438. The molecule has 2 atom stereocenters. The van der Waals surface area contributed by atoms with E-state index in [0.29, 0.717) is 11.3 Å². The van der Waals surface area contributed by atoms with Crippen molar-refractivity contribution in [2.75, 3.05) is 14.2 Å². The normalized spacial score (nSPS) is 15.7. The Morgan fingerprint density at radius 1 is 1.32 bits per heavy atom. The minimum Gasteiger partial charge on any atom is -0.497 e. The lowest BCUT2D eigenvalue weighted by Crippen LogP contribution is -2.41. The molecule has 106 valence electrons. The Morgan fingerprint density at radius 3 is 2.42 bits per heavy atom. The van der Waals surface area contributed by atoms with Gasteiger partial charge in [-0.15, -0.1) is 0 Å². The van der Waals surface area contributed by atoms with Gasteiger partial charge in [0.05, 0.1) is 20.1 Å². The molecule has 1 N–H and O–H groups in total. The topological polar surface area (TPSA) is 55.8 Å². The van der Waals surface area contributed by atoms with E-state index in [1.807, 2.05) is 13.8 Å². The summed E-state index contributed by atoms with van der Waals surface area (Å²) in [6.07, 6.45) is 0. The first-order valence-corrected chi connectivity index (χ1v) is 6.29. The molecule has 0 fully saturated rings. The van der Waals surface area contributed by atoms with Gasteiger partial charge in [-0.25, -0.2) is 0 Å². The van der Waals surface area contributed by atoms with Gasteiger partial charge in [-0.3, -0.25) is 4.79 Å². The van der Waals surface area contributed by atoms with Crippen molar-refractivity contribution in [3.63, 3.8) is 0 Å². The first-order valence-electron chi connectivity index (χ1n) is 6.29. The number of benzene rings is 1. The van der Waals surface area contributed by atoms with Crippen LogP contribution < -0.4 is 4.74 Å². The molecule has 0 saturated heterocycles. The second-order valence-corrected chi connectivity index (χ2v) is 5.12. The van der Waals surface area contributed by atoms with Crippen molar-refractivity contribution in [2.24, 2.45) is 11.8 Å². The van der Waals surface area contributed by atoms with Crippen LogP contribution in [0.15, 0.2) is 24.3 Å². The number of carbonyl (C=O) groups excluding carboxylic acids is 1. The monoisotopic (exact) mass is 266 g/mol. The van der Waals surface area contributed by atoms with E-state index in [0.717, 1.165) is 0 Å². The van der Waals surface area contributed by atoms with Crippen molar-refractivity contribution < 1.29 is 19.4 Å². The molecule has 0 heterocycles. The van der Waals surface area contributed by atoms with Gasteiger partial charge in [-0.2, -0.15) is 0 Å². The van der Waals surface area contributed by atoms with E-state index in [4.69, 9.17) is 9.47 Å². The molecule has 0 saturated carbocycles. The summed E-state index contributed by atoms with van der Waals surface area (Å²) in [5.74, 6) is -0.453. The van der Waals surface area contributed by atoms with E-state index in [-0.39, 0.29) is 5.92 Å². The third kappa shape index (κ3) is 3.26. The molecule has 0 aliphatic carbocycles. The van der Waals surface area contributed by atoms with E-state index < -0.39 is 17.5 Å². The third-order valence-corrected chi connectivity index (χ3v) is 3.38. The molecule has 1 rings (SSSR count). The first kappa shape index (κ1) is 15.5. The smallest absolute Gasteiger partial charge is 0.312 e. The SMILES string of the molecule is COC(=O)C(C(C)C)C(C)(O)c1cccc(OC)c1. The van der Waals surface area contributed by atoms with Gasteiger partial charge in [0.2, 0.25) is 0 Å². The van der Waals surface area contributed by atoms with Crippen LogP contribution in [0.2, 0.25) is 0 Å². The van der Waals surface area contributed by atoms with Crippen LogP contribution >= 0.6 is 0 Å². The number of ether oxygens (including phenoxy) is 2. The van der Waals surface area contributed by atoms with Gasteiger partial charge < -0.3 is 14.6 Å². The number of carbonyl (C=O) groups is 1. The fraction of sp³-hybridized carbons (Fsp3) is 0.533. The molecule has 2 unspecified atom stereocenters. The summed E-state index contributed by atoms with van der Waals surface area (Å²) in [4.78, 5) is 11.9. The lowest BCUT2D eigenvalue weighted by atomic mass is 9.76. The van der Waals surface area contributed by atoms with Crippen LogP contribution in [-0.2, 0) is 15.1 Å². The zero-order valence-corrected chi connectivity index (χ0v) is 12.1. The van der Waals surface area contributed by atoms with Crippen LogP contribution in [0.25, 0.3) is 0 Å². The van der Waals surface area contributed by atoms with E-state index in [9.17, 15) is 9.90 Å². The Kier molecular flexibility index (Phi) is 4.95. The zero-order valence-electron chi connectivity index (χ0n) is 12.1. The molecule has 0 aromatic heterocycles. The van der Waals surface area contributed by atoms with Crippen molar-refractivity contribution in [3.05, 3.63) is 29.8 Å². The molecule has 4 heteroatoms. The molecule has 0 amide bonds. The Labute approximate surface area is 114 Å². The highest BCUT2D eigenvalue weighted by Gasteiger charge is 2.41. The molecule has 0 aliphatic rings. The predicted molar refractivity (Wildman–Crippen MR) is 72.9 cm³/mol. The van der Waals surface area contributed by atoms with Crippen molar-refractivity contribution in [3.8, 4) is 5.75 Å². The minimum atomic E-state index is -1.31. The lowest BCUT2D eigenvalue weighted by Gasteiger charge is -2.34. The number of methoxy groups -OCH3 is 2. The van der Waals surface area contributed by atoms with Gasteiger partial charge in [0.25, 0.3) is 0 Å². The molecule has 0 bridgehead atoms. The number of hydrogen-bond acceptors (Lipinski definition) is 4. The average Bonchev–Trinajstić information content (AvgIpc) is 2.37. The summed E-state index contributed by atoms with van der Waals surface area (Å²) in [7, 11) is 2.90. The molecule has 0 radical (unpaired) electrons. The van der Waals surface area contributed by atoms with Crippen LogP contribution in [0, 0.1) is 11.8 Å². The van der Waals surface area contributed by atoms with Crippen molar-refractivity contribution >= 4 is 5.97 Å². The fourth-order valence-corrected chi connectivity index (χ4v) is 2.40. The maximum absolute atomic E-state index is 11.9. The van der Waals surface area contributed by atoms with Crippen LogP contribution in [0.4, 0.5) is 0 Å².